The zero-order valence-electron chi connectivity index (χ0n) is 21.5. The van der Waals surface area contributed by atoms with E-state index in [-0.39, 0.29) is 17.8 Å². The second kappa shape index (κ2) is 9.64. The summed E-state index contributed by atoms with van der Waals surface area (Å²) in [6.45, 7) is 3.11. The van der Waals surface area contributed by atoms with Crippen LogP contribution in [-0.4, -0.2) is 50.8 Å². The third-order valence-electron chi connectivity index (χ3n) is 7.54. The molecule has 5 aromatic rings. The number of rotatable bonds is 5. The van der Waals surface area contributed by atoms with E-state index in [0.29, 0.717) is 57.7 Å². The van der Waals surface area contributed by atoms with Crippen molar-refractivity contribution < 1.29 is 18.7 Å². The second-order valence-corrected chi connectivity index (χ2v) is 9.73. The maximum absolute atomic E-state index is 16.8. The highest BCUT2D eigenvalue weighted by atomic mass is 19.1. The van der Waals surface area contributed by atoms with Crippen molar-refractivity contribution in [3.8, 4) is 11.3 Å². The van der Waals surface area contributed by atoms with E-state index in [1.165, 1.54) is 13.3 Å². The first-order chi connectivity index (χ1) is 18.5. The Kier molecular flexibility index (Phi) is 6.15. The molecule has 3 aromatic heterocycles. The number of pyridine rings is 1. The number of nitrogens with zero attached hydrogens (tertiary/aromatic N) is 5. The molecule has 1 saturated heterocycles. The number of carbonyl (C=O) groups excluding carboxylic acids is 1. The van der Waals surface area contributed by atoms with Gasteiger partial charge in [-0.05, 0) is 49.4 Å². The van der Waals surface area contributed by atoms with Gasteiger partial charge in [-0.15, -0.1) is 5.10 Å². The van der Waals surface area contributed by atoms with Crippen molar-refractivity contribution in [3.63, 3.8) is 0 Å². The minimum atomic E-state index is -0.490. The predicted molar refractivity (Wildman–Crippen MR) is 141 cm³/mol. The minimum absolute atomic E-state index is 0.190. The molecule has 0 N–H and O–H groups in total. The zero-order valence-corrected chi connectivity index (χ0v) is 21.5. The summed E-state index contributed by atoms with van der Waals surface area (Å²) in [7, 11) is 3.10. The fraction of sp³-hybridized carbons (Fsp3) is 0.310. The Bertz CT molecular complexity index is 1630. The lowest BCUT2D eigenvalue weighted by Gasteiger charge is -2.33. The van der Waals surface area contributed by atoms with E-state index in [1.807, 2.05) is 35.8 Å². The lowest BCUT2D eigenvalue weighted by atomic mass is 9.86. The molecule has 0 spiro atoms. The van der Waals surface area contributed by atoms with E-state index >= 15 is 4.39 Å². The minimum Gasteiger partial charge on any atom is -0.465 e. The molecule has 0 radical (unpaired) electrons. The van der Waals surface area contributed by atoms with Crippen molar-refractivity contribution in [3.05, 3.63) is 77.4 Å². The second-order valence-electron chi connectivity index (χ2n) is 9.73. The fourth-order valence-corrected chi connectivity index (χ4v) is 5.80. The summed E-state index contributed by atoms with van der Waals surface area (Å²) >= 11 is 0. The molecule has 0 saturated carbocycles. The summed E-state index contributed by atoms with van der Waals surface area (Å²) in [6.07, 6.45) is 3.15. The van der Waals surface area contributed by atoms with Crippen LogP contribution < -0.4 is 0 Å². The van der Waals surface area contributed by atoms with Crippen molar-refractivity contribution in [1.29, 1.82) is 0 Å². The summed E-state index contributed by atoms with van der Waals surface area (Å²) in [5.41, 5.74) is 4.80. The van der Waals surface area contributed by atoms with Gasteiger partial charge in [-0.3, -0.25) is 4.98 Å². The van der Waals surface area contributed by atoms with Gasteiger partial charge in [0.05, 0.1) is 46.7 Å². The van der Waals surface area contributed by atoms with Crippen molar-refractivity contribution in [2.45, 2.75) is 25.8 Å². The number of fused-ring (bicyclic) bond motifs is 3. The van der Waals surface area contributed by atoms with E-state index in [9.17, 15) is 4.79 Å². The Labute approximate surface area is 219 Å². The van der Waals surface area contributed by atoms with Gasteiger partial charge in [0.25, 0.3) is 0 Å². The number of hydrogen-bond donors (Lipinski definition) is 0. The number of halogens is 1. The van der Waals surface area contributed by atoms with Gasteiger partial charge < -0.3 is 14.0 Å². The van der Waals surface area contributed by atoms with Crippen LogP contribution in [-0.2, 0) is 16.5 Å². The van der Waals surface area contributed by atoms with Gasteiger partial charge in [0, 0.05) is 37.4 Å². The van der Waals surface area contributed by atoms with Gasteiger partial charge in [-0.2, -0.15) is 0 Å². The van der Waals surface area contributed by atoms with Crippen LogP contribution in [0.3, 0.4) is 0 Å². The van der Waals surface area contributed by atoms with Gasteiger partial charge in [0.1, 0.15) is 0 Å². The van der Waals surface area contributed by atoms with E-state index in [1.54, 1.807) is 23.9 Å². The molecule has 6 rings (SSSR count). The molecule has 38 heavy (non-hydrogen) atoms. The van der Waals surface area contributed by atoms with E-state index in [2.05, 4.69) is 27.4 Å². The zero-order chi connectivity index (χ0) is 26.4. The molecule has 9 heteroatoms. The van der Waals surface area contributed by atoms with E-state index in [4.69, 9.17) is 9.47 Å². The number of aromatic nitrogens is 5. The summed E-state index contributed by atoms with van der Waals surface area (Å²) in [5, 5.41) is 8.91. The van der Waals surface area contributed by atoms with Crippen molar-refractivity contribution >= 4 is 27.9 Å². The van der Waals surface area contributed by atoms with Crippen LogP contribution in [0.1, 0.15) is 40.5 Å². The molecule has 0 bridgehead atoms. The highest BCUT2D eigenvalue weighted by Gasteiger charge is 2.32. The molecule has 0 aliphatic carbocycles. The molecule has 194 valence electrons. The van der Waals surface area contributed by atoms with Gasteiger partial charge >= 0.3 is 5.97 Å². The quantitative estimate of drug-likeness (QED) is 0.299. The monoisotopic (exact) mass is 513 g/mol. The van der Waals surface area contributed by atoms with Gasteiger partial charge in [-0.25, -0.2) is 13.9 Å². The largest absolute Gasteiger partial charge is 0.465 e. The molecule has 4 heterocycles. The molecule has 1 atom stereocenters. The first-order valence-electron chi connectivity index (χ1n) is 12.7. The lowest BCUT2D eigenvalue weighted by Crippen LogP contribution is -2.27. The van der Waals surface area contributed by atoms with Crippen LogP contribution in [0.15, 0.2) is 54.7 Å². The van der Waals surface area contributed by atoms with Gasteiger partial charge in [-0.1, -0.05) is 35.5 Å². The van der Waals surface area contributed by atoms with Crippen LogP contribution in [0.25, 0.3) is 33.2 Å². The van der Waals surface area contributed by atoms with Gasteiger partial charge in [0.15, 0.2) is 5.82 Å². The normalized spacial score (nSPS) is 15.3. The molecule has 1 aliphatic rings. The summed E-state index contributed by atoms with van der Waals surface area (Å²) in [6, 6.07) is 15.3. The van der Waals surface area contributed by atoms with Crippen LogP contribution in [0, 0.1) is 18.7 Å². The number of methoxy groups -OCH3 is 1. The number of aryl methyl sites for hydroxylation is 2. The molecule has 0 unspecified atom stereocenters. The van der Waals surface area contributed by atoms with Crippen molar-refractivity contribution in [2.24, 2.45) is 13.0 Å². The Morgan fingerprint density at radius 1 is 1.16 bits per heavy atom. The Morgan fingerprint density at radius 2 is 1.92 bits per heavy atom. The summed E-state index contributed by atoms with van der Waals surface area (Å²) in [5.74, 6) is -0.673. The SMILES string of the molecule is COC(=O)c1cnc2c3ccc(-c4c(C)nnn4C)c(F)c3n([C@H](c3ccccc3)C3CCOCC3)c2c1. The maximum Gasteiger partial charge on any atom is 0.339 e. The van der Waals surface area contributed by atoms with E-state index < -0.39 is 5.97 Å². The molecular formula is C29H28FN5O3. The first-order valence-corrected chi connectivity index (χ1v) is 12.7. The lowest BCUT2D eigenvalue weighted by molar-refractivity contribution is 0.0552. The van der Waals surface area contributed by atoms with Gasteiger partial charge in [0.2, 0.25) is 0 Å². The molecule has 1 aliphatic heterocycles. The molecule has 1 fully saturated rings. The van der Waals surface area contributed by atoms with Crippen LogP contribution in [0.5, 0.6) is 0 Å². The number of ether oxygens (including phenoxy) is 2. The first kappa shape index (κ1) is 24.2. The highest BCUT2D eigenvalue weighted by molar-refractivity contribution is 6.08. The Hall–Kier alpha value is -4.11. The topological polar surface area (TPSA) is 84.1 Å². The summed E-state index contributed by atoms with van der Waals surface area (Å²) in [4.78, 5) is 17.1. The molecule has 0 amide bonds. The highest BCUT2D eigenvalue weighted by Crippen LogP contribution is 2.43. The number of esters is 1. The smallest absolute Gasteiger partial charge is 0.339 e. The average molecular weight is 514 g/mol. The number of hydrogen-bond acceptors (Lipinski definition) is 6. The third kappa shape index (κ3) is 3.85. The van der Waals surface area contributed by atoms with Crippen molar-refractivity contribution in [1.82, 2.24) is 24.5 Å². The van der Waals surface area contributed by atoms with Crippen molar-refractivity contribution in [2.75, 3.05) is 20.3 Å². The third-order valence-corrected chi connectivity index (χ3v) is 7.54. The molecule has 2 aromatic carbocycles. The maximum atomic E-state index is 16.8. The Balaban J connectivity index is 1.73. The van der Waals surface area contributed by atoms with Crippen LogP contribution >= 0.6 is 0 Å². The average Bonchev–Trinajstić information content (AvgIpc) is 3.46. The van der Waals surface area contributed by atoms with Crippen LogP contribution in [0.4, 0.5) is 4.39 Å². The standard InChI is InChI=1S/C29H28FN5O3/c1-17-26(34(2)33-32-17)21-9-10-22-25-23(15-20(16-31-25)29(36)37-3)35(28(22)24(21)30)27(18-7-5-4-6-8-18)19-11-13-38-14-12-19/h4-10,15-16,19,27H,11-14H2,1-3H3/t27-/m1/s1. The summed E-state index contributed by atoms with van der Waals surface area (Å²) < 4.78 is 31.1. The molecular weight excluding hydrogens is 485 g/mol. The Morgan fingerprint density at radius 3 is 2.61 bits per heavy atom. The van der Waals surface area contributed by atoms with Crippen LogP contribution in [0.2, 0.25) is 0 Å². The fourth-order valence-electron chi connectivity index (χ4n) is 5.80. The van der Waals surface area contributed by atoms with E-state index in [0.717, 1.165) is 18.4 Å². The molecule has 8 nitrogen and oxygen atoms in total. The predicted octanol–water partition coefficient (Wildman–Crippen LogP) is 5.24. The number of benzene rings is 2. The number of carbonyl (C=O) groups is 1.